The molecule has 0 rings (SSSR count). The number of carbonyl (C=O) groups is 2. The van der Waals surface area contributed by atoms with Crippen molar-refractivity contribution in [3.63, 3.8) is 0 Å². The first-order valence-corrected chi connectivity index (χ1v) is 17.5. The molecule has 4 nitrogen and oxygen atoms in total. The van der Waals surface area contributed by atoms with Crippen LogP contribution >= 0.6 is 25.3 Å². The fourth-order valence-corrected chi connectivity index (χ4v) is 7.87. The molecule has 7 heteroatoms. The summed E-state index contributed by atoms with van der Waals surface area (Å²) >= 11 is 8.64. The summed E-state index contributed by atoms with van der Waals surface area (Å²) in [4.78, 5) is 21.8. The maximum atomic E-state index is 10.9. The molecule has 0 bridgehead atoms. The van der Waals surface area contributed by atoms with Gasteiger partial charge in [0.25, 0.3) is 0 Å². The molecule has 0 saturated heterocycles. The summed E-state index contributed by atoms with van der Waals surface area (Å²) < 4.78 is 1.28. The van der Waals surface area contributed by atoms with Crippen LogP contribution in [0.15, 0.2) is 0 Å². The minimum absolute atomic E-state index is 0.181. The van der Waals surface area contributed by atoms with E-state index in [9.17, 15) is 19.8 Å². The number of hydrogen-bond acceptors (Lipinski definition) is 6. The topological polar surface area (TPSA) is 80.3 Å². The van der Waals surface area contributed by atoms with Crippen molar-refractivity contribution in [1.82, 2.24) is 0 Å². The third kappa shape index (κ3) is 22.6. The standard InChI is InChI=1S/2C10H20O2S.2C3H7.Sn/c2*1-7(2)5-10(13,9(11)12)6-8(3)4;2*1-3-2;/h2*7-8,13H,5-6H2,1-4H3,(H,11,12);2*1,3H2,2H3;/q;;;;+2/p-2. The maximum absolute atomic E-state index is 10.9. The molecule has 33 heavy (non-hydrogen) atoms. The van der Waals surface area contributed by atoms with Gasteiger partial charge in [-0.05, 0) is 49.4 Å². The van der Waals surface area contributed by atoms with Gasteiger partial charge < -0.3 is 19.8 Å². The average Bonchev–Trinajstić information content (AvgIpc) is 2.60. The zero-order valence-electron chi connectivity index (χ0n) is 23.0. The first kappa shape index (κ1) is 38.0. The molecule has 0 spiro atoms. The molecule has 0 heterocycles. The van der Waals surface area contributed by atoms with Crippen LogP contribution < -0.4 is 10.2 Å². The molecule has 0 saturated carbocycles. The monoisotopic (exact) mass is 612 g/mol. The molecule has 0 atom stereocenters. The number of thiol groups is 2. The van der Waals surface area contributed by atoms with Crippen LogP contribution in [0.1, 0.15) is 108 Å². The SMILES string of the molecule is CC(C)CC(S)(CC(C)C)C(=O)[O-].CC(C)CC(S)(CC(C)C)C(=O)[O-].CC[CH2][Sn+2][CH2]CC. The van der Waals surface area contributed by atoms with E-state index in [1.807, 2.05) is 55.4 Å². The Morgan fingerprint density at radius 1 is 0.636 bits per heavy atom. The summed E-state index contributed by atoms with van der Waals surface area (Å²) in [6.45, 7) is 20.5. The Kier molecular flexibility index (Phi) is 23.7. The second-order valence-electron chi connectivity index (χ2n) is 10.8. The molecule has 0 aliphatic heterocycles. The molecule has 0 aliphatic carbocycles. The summed E-state index contributed by atoms with van der Waals surface area (Å²) in [5.74, 6) is -0.775. The Bertz CT molecular complexity index is 445. The molecular formula is C26H52O4S2Sn. The van der Waals surface area contributed by atoms with Crippen molar-refractivity contribution < 1.29 is 19.8 Å². The summed E-state index contributed by atoms with van der Waals surface area (Å²) in [6, 6.07) is 0. The summed E-state index contributed by atoms with van der Waals surface area (Å²) in [5, 5.41) is 21.8. The van der Waals surface area contributed by atoms with Crippen molar-refractivity contribution in [3.05, 3.63) is 0 Å². The number of hydrogen-bond donors (Lipinski definition) is 2. The van der Waals surface area contributed by atoms with Crippen LogP contribution in [-0.4, -0.2) is 42.6 Å². The van der Waals surface area contributed by atoms with Crippen molar-refractivity contribution in [1.29, 1.82) is 0 Å². The Morgan fingerprint density at radius 2 is 0.848 bits per heavy atom. The molecule has 0 aromatic heterocycles. The predicted octanol–water partition coefficient (Wildman–Crippen LogP) is 5.34. The Labute approximate surface area is 226 Å². The minimum atomic E-state index is -1.04. The van der Waals surface area contributed by atoms with Gasteiger partial charge in [0.15, 0.2) is 0 Å². The van der Waals surface area contributed by atoms with Crippen LogP contribution in [0.2, 0.25) is 8.87 Å². The molecular weight excluding hydrogens is 559 g/mol. The Balaban J connectivity index is -0.000000429. The molecule has 0 aromatic carbocycles. The van der Waals surface area contributed by atoms with Gasteiger partial charge in [0.1, 0.15) is 0 Å². The van der Waals surface area contributed by atoms with Gasteiger partial charge in [0.2, 0.25) is 0 Å². The molecule has 0 fully saturated rings. The zero-order chi connectivity index (χ0) is 26.8. The number of carboxylic acid groups (broad SMARTS) is 2. The Hall–Kier alpha value is 0.439. The molecule has 0 aromatic rings. The fraction of sp³-hybridized carbons (Fsp3) is 0.923. The second kappa shape index (κ2) is 20.6. The Morgan fingerprint density at radius 3 is 0.970 bits per heavy atom. The number of carboxylic acids is 2. The van der Waals surface area contributed by atoms with E-state index in [2.05, 4.69) is 39.1 Å². The fourth-order valence-electron chi connectivity index (χ4n) is 3.68. The van der Waals surface area contributed by atoms with Gasteiger partial charge in [-0.2, -0.15) is 25.3 Å². The number of aliphatic carboxylic acids is 2. The van der Waals surface area contributed by atoms with Crippen LogP contribution in [0.5, 0.6) is 0 Å². The van der Waals surface area contributed by atoms with E-state index in [0.29, 0.717) is 49.4 Å². The van der Waals surface area contributed by atoms with Crippen LogP contribution in [0.4, 0.5) is 0 Å². The third-order valence-corrected chi connectivity index (χ3v) is 10.6. The van der Waals surface area contributed by atoms with Crippen molar-refractivity contribution >= 4 is 58.3 Å². The van der Waals surface area contributed by atoms with Gasteiger partial charge in [-0.1, -0.05) is 55.4 Å². The first-order valence-electron chi connectivity index (χ1n) is 12.6. The molecule has 0 radical (unpaired) electrons. The van der Waals surface area contributed by atoms with E-state index in [-0.39, 0.29) is 21.1 Å². The van der Waals surface area contributed by atoms with E-state index in [1.54, 1.807) is 8.87 Å². The normalized spacial score (nSPS) is 11.6. The molecule has 0 unspecified atom stereocenters. The zero-order valence-corrected chi connectivity index (χ0v) is 27.6. The average molecular weight is 612 g/mol. The van der Waals surface area contributed by atoms with Gasteiger partial charge in [-0.25, -0.2) is 0 Å². The molecule has 196 valence electrons. The quantitative estimate of drug-likeness (QED) is 0.158. The van der Waals surface area contributed by atoms with Crippen LogP contribution in [0.3, 0.4) is 0 Å². The van der Waals surface area contributed by atoms with Gasteiger partial charge in [0, 0.05) is 0 Å². The molecule has 0 N–H and O–H groups in total. The van der Waals surface area contributed by atoms with E-state index in [1.165, 1.54) is 12.8 Å². The number of rotatable bonds is 14. The molecule has 0 amide bonds. The summed E-state index contributed by atoms with van der Waals surface area (Å²) in [5.41, 5.74) is 0. The number of carbonyl (C=O) groups excluding carboxylic acids is 2. The van der Waals surface area contributed by atoms with Crippen molar-refractivity contribution in [2.24, 2.45) is 23.7 Å². The van der Waals surface area contributed by atoms with Crippen LogP contribution in [0, 0.1) is 23.7 Å². The van der Waals surface area contributed by atoms with E-state index < -0.39 is 21.4 Å². The summed E-state index contributed by atoms with van der Waals surface area (Å²) in [6.07, 6.45) is 5.14. The molecule has 0 aliphatic rings. The van der Waals surface area contributed by atoms with Gasteiger partial charge in [0.05, 0.1) is 21.4 Å². The van der Waals surface area contributed by atoms with Crippen molar-refractivity contribution in [3.8, 4) is 0 Å². The second-order valence-corrected chi connectivity index (χ2v) is 16.8. The van der Waals surface area contributed by atoms with E-state index in [0.717, 1.165) is 0 Å². The van der Waals surface area contributed by atoms with Crippen LogP contribution in [0.25, 0.3) is 0 Å². The van der Waals surface area contributed by atoms with Crippen LogP contribution in [-0.2, 0) is 9.59 Å². The van der Waals surface area contributed by atoms with Crippen molar-refractivity contribution in [2.45, 2.75) is 126 Å². The van der Waals surface area contributed by atoms with Gasteiger partial charge >= 0.3 is 56.7 Å². The van der Waals surface area contributed by atoms with Crippen molar-refractivity contribution in [2.75, 3.05) is 0 Å². The van der Waals surface area contributed by atoms with Gasteiger partial charge in [-0.15, -0.1) is 0 Å². The van der Waals surface area contributed by atoms with E-state index >= 15 is 0 Å². The summed E-state index contributed by atoms with van der Waals surface area (Å²) in [7, 11) is 0. The van der Waals surface area contributed by atoms with E-state index in [4.69, 9.17) is 0 Å². The van der Waals surface area contributed by atoms with Gasteiger partial charge in [-0.3, -0.25) is 0 Å². The third-order valence-electron chi connectivity index (χ3n) is 4.60. The predicted molar refractivity (Wildman–Crippen MR) is 147 cm³/mol. The first-order chi connectivity index (χ1) is 15.0.